The van der Waals surface area contributed by atoms with Gasteiger partial charge in [-0.25, -0.2) is 8.78 Å². The molecule has 0 aliphatic carbocycles. The average Bonchev–Trinajstić information content (AvgIpc) is 2.47. The molecular weight excluding hydrogens is 280 g/mol. The Morgan fingerprint density at radius 2 is 2.05 bits per heavy atom. The lowest BCUT2D eigenvalue weighted by molar-refractivity contribution is -0.0175. The molecule has 1 aliphatic heterocycles. The maximum atomic E-state index is 13.5. The van der Waals surface area contributed by atoms with Crippen molar-refractivity contribution in [2.24, 2.45) is 0 Å². The Morgan fingerprint density at radius 3 is 2.90 bits per heavy atom. The van der Waals surface area contributed by atoms with Crippen LogP contribution in [-0.4, -0.2) is 6.79 Å². The van der Waals surface area contributed by atoms with E-state index in [0.717, 1.165) is 23.8 Å². The molecule has 6 heteroatoms. The van der Waals surface area contributed by atoms with Gasteiger partial charge in [0.25, 0.3) is 0 Å². The Kier molecular flexibility index (Phi) is 3.62. The van der Waals surface area contributed by atoms with Crippen molar-refractivity contribution in [3.05, 3.63) is 53.1 Å². The van der Waals surface area contributed by atoms with E-state index in [1.165, 1.54) is 0 Å². The molecule has 0 aromatic heterocycles. The third-order valence-corrected chi connectivity index (χ3v) is 3.09. The third-order valence-electron chi connectivity index (χ3n) is 3.09. The van der Waals surface area contributed by atoms with Crippen molar-refractivity contribution < 1.29 is 23.0 Å². The molecule has 2 N–H and O–H groups in total. The van der Waals surface area contributed by atoms with Crippen LogP contribution in [0.25, 0.3) is 0 Å². The summed E-state index contributed by atoms with van der Waals surface area (Å²) in [6, 6.07) is 6.48. The lowest BCUT2D eigenvalue weighted by Crippen LogP contribution is -2.14. The van der Waals surface area contributed by atoms with Gasteiger partial charge in [-0.05, 0) is 24.3 Å². The number of rotatable bonds is 3. The Balaban J connectivity index is 1.85. The number of benzene rings is 2. The van der Waals surface area contributed by atoms with E-state index in [0.29, 0.717) is 23.6 Å². The first kappa shape index (κ1) is 13.6. The zero-order valence-electron chi connectivity index (χ0n) is 11.1. The lowest BCUT2D eigenvalue weighted by atomic mass is 10.1. The minimum atomic E-state index is -0.626. The van der Waals surface area contributed by atoms with Crippen LogP contribution in [-0.2, 0) is 18.0 Å². The molecule has 3 rings (SSSR count). The molecule has 0 unspecified atom stereocenters. The topological polar surface area (TPSA) is 53.7 Å². The molecule has 0 amide bonds. The Hall–Kier alpha value is -2.34. The smallest absolute Gasteiger partial charge is 0.189 e. The lowest BCUT2D eigenvalue weighted by Gasteiger charge is -2.21. The summed E-state index contributed by atoms with van der Waals surface area (Å²) < 4.78 is 42.6. The fraction of sp³-hybridized carbons (Fsp3) is 0.200. The van der Waals surface area contributed by atoms with E-state index >= 15 is 0 Å². The number of ether oxygens (including phenoxy) is 3. The highest BCUT2D eigenvalue weighted by Gasteiger charge is 2.17. The van der Waals surface area contributed by atoms with Gasteiger partial charge in [-0.1, -0.05) is 0 Å². The van der Waals surface area contributed by atoms with Crippen molar-refractivity contribution in [1.29, 1.82) is 0 Å². The van der Waals surface area contributed by atoms with Gasteiger partial charge in [-0.15, -0.1) is 0 Å². The number of nitrogens with two attached hydrogens (primary N) is 1. The minimum Gasteiger partial charge on any atom is -0.486 e. The van der Waals surface area contributed by atoms with E-state index in [4.69, 9.17) is 19.9 Å². The predicted molar refractivity (Wildman–Crippen MR) is 71.8 cm³/mol. The summed E-state index contributed by atoms with van der Waals surface area (Å²) >= 11 is 0. The first-order valence-electron chi connectivity index (χ1n) is 6.33. The van der Waals surface area contributed by atoms with Gasteiger partial charge < -0.3 is 19.9 Å². The van der Waals surface area contributed by atoms with Crippen LogP contribution < -0.4 is 15.2 Å². The van der Waals surface area contributed by atoms with Crippen molar-refractivity contribution in [3.63, 3.8) is 0 Å². The summed E-state index contributed by atoms with van der Waals surface area (Å²) in [7, 11) is 0. The number of hydrogen-bond donors (Lipinski definition) is 1. The zero-order chi connectivity index (χ0) is 14.8. The first-order valence-corrected chi connectivity index (χ1v) is 6.33. The van der Waals surface area contributed by atoms with Gasteiger partial charge in [0.05, 0.1) is 6.61 Å². The van der Waals surface area contributed by atoms with Crippen molar-refractivity contribution in [2.75, 3.05) is 12.5 Å². The molecule has 0 fully saturated rings. The van der Waals surface area contributed by atoms with Crippen molar-refractivity contribution >= 4 is 5.69 Å². The van der Waals surface area contributed by atoms with Gasteiger partial charge in [-0.3, -0.25) is 0 Å². The normalized spacial score (nSPS) is 13.4. The molecule has 4 nitrogen and oxygen atoms in total. The fourth-order valence-electron chi connectivity index (χ4n) is 2.18. The van der Waals surface area contributed by atoms with E-state index in [-0.39, 0.29) is 19.1 Å². The monoisotopic (exact) mass is 293 g/mol. The number of nitrogen functional groups attached to an aromatic ring is 1. The molecule has 21 heavy (non-hydrogen) atoms. The highest BCUT2D eigenvalue weighted by Crippen LogP contribution is 2.32. The van der Waals surface area contributed by atoms with Crippen LogP contribution in [0.5, 0.6) is 11.5 Å². The molecular formula is C15H13F2NO3. The molecule has 0 saturated carbocycles. The molecule has 1 aliphatic rings. The van der Waals surface area contributed by atoms with Crippen LogP contribution in [0.15, 0.2) is 30.3 Å². The second kappa shape index (κ2) is 5.57. The van der Waals surface area contributed by atoms with Crippen molar-refractivity contribution in [1.82, 2.24) is 0 Å². The Morgan fingerprint density at radius 1 is 1.19 bits per heavy atom. The van der Waals surface area contributed by atoms with Gasteiger partial charge in [0.1, 0.15) is 18.2 Å². The summed E-state index contributed by atoms with van der Waals surface area (Å²) in [6.45, 7) is 0.549. The maximum absolute atomic E-state index is 13.5. The molecule has 0 atom stereocenters. The van der Waals surface area contributed by atoms with E-state index in [9.17, 15) is 8.78 Å². The summed E-state index contributed by atoms with van der Waals surface area (Å²) in [5.74, 6) is -0.727. The number of anilines is 1. The number of halogens is 2. The Bertz CT molecular complexity index is 676. The van der Waals surface area contributed by atoms with Crippen LogP contribution in [0.4, 0.5) is 14.5 Å². The molecule has 110 valence electrons. The van der Waals surface area contributed by atoms with Crippen molar-refractivity contribution in [2.45, 2.75) is 13.2 Å². The van der Waals surface area contributed by atoms with E-state index in [1.54, 1.807) is 12.1 Å². The van der Waals surface area contributed by atoms with Crippen LogP contribution >= 0.6 is 0 Å². The van der Waals surface area contributed by atoms with Crippen LogP contribution in [0, 0.1) is 11.6 Å². The van der Waals surface area contributed by atoms with Gasteiger partial charge in [-0.2, -0.15) is 0 Å². The van der Waals surface area contributed by atoms with Crippen LogP contribution in [0.2, 0.25) is 0 Å². The average molecular weight is 293 g/mol. The standard InChI is InChI=1S/C15H13F2NO3/c16-11-1-2-13(17)14(5-11)20-7-10-4-12(18)3-9-6-19-8-21-15(9)10/h1-5H,6-8,18H2. The van der Waals surface area contributed by atoms with Crippen molar-refractivity contribution in [3.8, 4) is 11.5 Å². The summed E-state index contributed by atoms with van der Waals surface area (Å²) in [4.78, 5) is 0. The van der Waals surface area contributed by atoms with E-state index in [2.05, 4.69) is 0 Å². The molecule has 0 bridgehead atoms. The first-order chi connectivity index (χ1) is 10.1. The fourth-order valence-corrected chi connectivity index (χ4v) is 2.18. The second-order valence-corrected chi connectivity index (χ2v) is 4.64. The zero-order valence-corrected chi connectivity index (χ0v) is 11.1. The maximum Gasteiger partial charge on any atom is 0.189 e. The predicted octanol–water partition coefficient (Wildman–Crippen LogP) is 2.99. The summed E-state index contributed by atoms with van der Waals surface area (Å²) in [6.07, 6.45) is 0. The molecule has 1 heterocycles. The van der Waals surface area contributed by atoms with Gasteiger partial charge >= 0.3 is 0 Å². The molecule has 0 radical (unpaired) electrons. The highest BCUT2D eigenvalue weighted by atomic mass is 19.1. The number of fused-ring (bicyclic) bond motifs is 1. The Labute approximate surface area is 120 Å². The molecule has 0 spiro atoms. The van der Waals surface area contributed by atoms with Crippen LogP contribution in [0.3, 0.4) is 0 Å². The van der Waals surface area contributed by atoms with E-state index < -0.39 is 11.6 Å². The van der Waals surface area contributed by atoms with Gasteiger partial charge in [0.2, 0.25) is 0 Å². The summed E-state index contributed by atoms with van der Waals surface area (Å²) in [5.41, 5.74) is 7.80. The molecule has 0 saturated heterocycles. The molecule has 2 aromatic carbocycles. The summed E-state index contributed by atoms with van der Waals surface area (Å²) in [5, 5.41) is 0. The van der Waals surface area contributed by atoms with Gasteiger partial charge in [0, 0.05) is 22.9 Å². The largest absolute Gasteiger partial charge is 0.486 e. The SMILES string of the molecule is Nc1cc2c(c(COc3cc(F)ccc3F)c1)OCOC2. The third kappa shape index (κ3) is 2.90. The van der Waals surface area contributed by atoms with Crippen LogP contribution in [0.1, 0.15) is 11.1 Å². The van der Waals surface area contributed by atoms with E-state index in [1.807, 2.05) is 0 Å². The molecule has 2 aromatic rings. The quantitative estimate of drug-likeness (QED) is 0.884. The second-order valence-electron chi connectivity index (χ2n) is 4.64. The van der Waals surface area contributed by atoms with Gasteiger partial charge in [0.15, 0.2) is 18.4 Å². The number of hydrogen-bond acceptors (Lipinski definition) is 4. The highest BCUT2D eigenvalue weighted by molar-refractivity contribution is 5.53. The minimum absolute atomic E-state index is 0.0216.